The molecule has 0 aromatic heterocycles. The third kappa shape index (κ3) is 3.45. The molecule has 0 bridgehead atoms. The summed E-state index contributed by atoms with van der Waals surface area (Å²) < 4.78 is 18.9. The van der Waals surface area contributed by atoms with Crippen LogP contribution in [0.2, 0.25) is 0 Å². The van der Waals surface area contributed by atoms with Crippen molar-refractivity contribution < 1.29 is 9.13 Å². The first-order valence-corrected chi connectivity index (χ1v) is 8.15. The summed E-state index contributed by atoms with van der Waals surface area (Å²) in [5.74, 6) is 0.0133. The molecule has 0 saturated carbocycles. The molecule has 0 spiro atoms. The fourth-order valence-electron chi connectivity index (χ4n) is 2.68. The molecule has 0 unspecified atom stereocenters. The van der Waals surface area contributed by atoms with E-state index in [0.717, 1.165) is 44.6 Å². The SMILES string of the molecule is COc1ccc(CN2CCC(CN)(SC)CC2)cc1F. The van der Waals surface area contributed by atoms with Crippen molar-refractivity contribution >= 4 is 11.8 Å². The average molecular weight is 298 g/mol. The minimum atomic E-state index is -0.289. The van der Waals surface area contributed by atoms with E-state index in [-0.39, 0.29) is 10.6 Å². The van der Waals surface area contributed by atoms with Gasteiger partial charge in [-0.15, -0.1) is 0 Å². The van der Waals surface area contributed by atoms with Gasteiger partial charge in [-0.1, -0.05) is 6.07 Å². The normalized spacial score (nSPS) is 19.0. The molecule has 1 aromatic carbocycles. The van der Waals surface area contributed by atoms with Crippen molar-refractivity contribution in [1.29, 1.82) is 0 Å². The van der Waals surface area contributed by atoms with Gasteiger partial charge in [-0.3, -0.25) is 4.90 Å². The van der Waals surface area contributed by atoms with Gasteiger partial charge < -0.3 is 10.5 Å². The first-order valence-electron chi connectivity index (χ1n) is 6.92. The molecule has 0 aliphatic carbocycles. The fourth-order valence-corrected chi connectivity index (χ4v) is 3.43. The maximum atomic E-state index is 13.7. The second kappa shape index (κ2) is 6.78. The molecule has 1 aliphatic heterocycles. The second-order valence-electron chi connectivity index (χ2n) is 5.34. The Hall–Kier alpha value is -0.780. The van der Waals surface area contributed by atoms with Crippen LogP contribution in [0.5, 0.6) is 5.75 Å². The Morgan fingerprint density at radius 2 is 2.10 bits per heavy atom. The van der Waals surface area contributed by atoms with Crippen LogP contribution >= 0.6 is 11.8 Å². The number of thioether (sulfide) groups is 1. The van der Waals surface area contributed by atoms with Crippen LogP contribution < -0.4 is 10.5 Å². The second-order valence-corrected chi connectivity index (χ2v) is 6.61. The largest absolute Gasteiger partial charge is 0.494 e. The Morgan fingerprint density at radius 3 is 2.60 bits per heavy atom. The van der Waals surface area contributed by atoms with Crippen LogP contribution in [-0.4, -0.2) is 42.6 Å². The molecule has 0 amide bonds. The molecule has 5 heteroatoms. The topological polar surface area (TPSA) is 38.5 Å². The molecule has 2 rings (SSSR count). The van der Waals surface area contributed by atoms with Crippen LogP contribution in [0.3, 0.4) is 0 Å². The zero-order valence-corrected chi connectivity index (χ0v) is 13.0. The van der Waals surface area contributed by atoms with E-state index >= 15 is 0 Å². The summed E-state index contributed by atoms with van der Waals surface area (Å²) in [5.41, 5.74) is 6.89. The van der Waals surface area contributed by atoms with Crippen molar-refractivity contribution in [2.45, 2.75) is 24.1 Å². The molecule has 1 aromatic rings. The van der Waals surface area contributed by atoms with Gasteiger partial charge >= 0.3 is 0 Å². The molecular weight excluding hydrogens is 275 g/mol. The zero-order chi connectivity index (χ0) is 14.6. The Labute approximate surface area is 124 Å². The number of nitrogens with two attached hydrogens (primary N) is 1. The van der Waals surface area contributed by atoms with E-state index in [4.69, 9.17) is 10.5 Å². The van der Waals surface area contributed by atoms with Crippen molar-refractivity contribution in [3.63, 3.8) is 0 Å². The number of nitrogens with zero attached hydrogens (tertiary/aromatic N) is 1. The highest BCUT2D eigenvalue weighted by Gasteiger charge is 2.32. The molecule has 1 saturated heterocycles. The molecule has 0 atom stereocenters. The van der Waals surface area contributed by atoms with Gasteiger partial charge in [0.05, 0.1) is 7.11 Å². The van der Waals surface area contributed by atoms with E-state index in [0.29, 0.717) is 5.75 Å². The van der Waals surface area contributed by atoms with Gasteiger partial charge in [0, 0.05) is 17.8 Å². The average Bonchev–Trinajstić information content (AvgIpc) is 2.49. The van der Waals surface area contributed by atoms with E-state index < -0.39 is 0 Å². The van der Waals surface area contributed by atoms with Crippen LogP contribution in [0.4, 0.5) is 4.39 Å². The summed E-state index contributed by atoms with van der Waals surface area (Å²) in [5, 5.41) is 0. The van der Waals surface area contributed by atoms with E-state index in [1.807, 2.05) is 17.8 Å². The third-order valence-electron chi connectivity index (χ3n) is 4.19. The lowest BCUT2D eigenvalue weighted by molar-refractivity contribution is 0.194. The molecule has 112 valence electrons. The van der Waals surface area contributed by atoms with Crippen LogP contribution in [0.15, 0.2) is 18.2 Å². The smallest absolute Gasteiger partial charge is 0.165 e. The minimum absolute atomic E-state index is 0.238. The molecule has 2 N–H and O–H groups in total. The number of halogens is 1. The van der Waals surface area contributed by atoms with Crippen LogP contribution in [0, 0.1) is 5.82 Å². The molecule has 0 radical (unpaired) electrons. The summed E-state index contributed by atoms with van der Waals surface area (Å²) in [6, 6.07) is 5.19. The van der Waals surface area contributed by atoms with Crippen LogP contribution in [-0.2, 0) is 6.54 Å². The standard InChI is InChI=1S/C15H23FN2OS/c1-19-14-4-3-12(9-13(14)16)10-18-7-5-15(11-17,20-2)6-8-18/h3-4,9H,5-8,10-11,17H2,1-2H3. The minimum Gasteiger partial charge on any atom is -0.494 e. The Kier molecular flexibility index (Phi) is 5.29. The van der Waals surface area contributed by atoms with E-state index in [9.17, 15) is 4.39 Å². The summed E-state index contributed by atoms with van der Waals surface area (Å²) in [7, 11) is 1.48. The highest BCUT2D eigenvalue weighted by Crippen LogP contribution is 2.34. The molecule has 1 fully saturated rings. The van der Waals surface area contributed by atoms with Gasteiger partial charge in [-0.05, 0) is 49.9 Å². The lowest BCUT2D eigenvalue weighted by atomic mass is 9.95. The number of ether oxygens (including phenoxy) is 1. The third-order valence-corrected chi connectivity index (χ3v) is 5.64. The summed E-state index contributed by atoms with van der Waals surface area (Å²) >= 11 is 1.88. The number of piperidine rings is 1. The van der Waals surface area contributed by atoms with Crippen molar-refractivity contribution in [2.24, 2.45) is 5.73 Å². The van der Waals surface area contributed by atoms with Crippen LogP contribution in [0.1, 0.15) is 18.4 Å². The Bertz CT molecular complexity index is 441. The van der Waals surface area contributed by atoms with Gasteiger partial charge in [-0.25, -0.2) is 4.39 Å². The number of methoxy groups -OCH3 is 1. The maximum absolute atomic E-state index is 13.7. The van der Waals surface area contributed by atoms with E-state index in [2.05, 4.69) is 11.2 Å². The van der Waals surface area contributed by atoms with Gasteiger partial charge in [-0.2, -0.15) is 11.8 Å². The summed E-state index contributed by atoms with van der Waals surface area (Å²) in [4.78, 5) is 2.37. The number of likely N-dealkylation sites (tertiary alicyclic amines) is 1. The van der Waals surface area contributed by atoms with Gasteiger partial charge in [0.2, 0.25) is 0 Å². The van der Waals surface area contributed by atoms with Gasteiger partial charge in [0.15, 0.2) is 11.6 Å². The van der Waals surface area contributed by atoms with Crippen molar-refractivity contribution in [3.8, 4) is 5.75 Å². The van der Waals surface area contributed by atoms with Crippen molar-refractivity contribution in [1.82, 2.24) is 4.90 Å². The first-order chi connectivity index (χ1) is 9.62. The summed E-state index contributed by atoms with van der Waals surface area (Å²) in [6.07, 6.45) is 4.34. The molecule has 20 heavy (non-hydrogen) atoms. The molecule has 1 heterocycles. The number of benzene rings is 1. The monoisotopic (exact) mass is 298 g/mol. The van der Waals surface area contributed by atoms with Crippen molar-refractivity contribution in [3.05, 3.63) is 29.6 Å². The van der Waals surface area contributed by atoms with E-state index in [1.54, 1.807) is 12.1 Å². The van der Waals surface area contributed by atoms with E-state index in [1.165, 1.54) is 7.11 Å². The van der Waals surface area contributed by atoms with Gasteiger partial charge in [0.1, 0.15) is 0 Å². The lowest BCUT2D eigenvalue weighted by Gasteiger charge is -2.40. The van der Waals surface area contributed by atoms with Gasteiger partial charge in [0.25, 0.3) is 0 Å². The Balaban J connectivity index is 1.94. The Morgan fingerprint density at radius 1 is 1.40 bits per heavy atom. The summed E-state index contributed by atoms with van der Waals surface area (Å²) in [6.45, 7) is 3.56. The quantitative estimate of drug-likeness (QED) is 0.906. The lowest BCUT2D eigenvalue weighted by Crippen LogP contribution is -2.46. The van der Waals surface area contributed by atoms with Crippen molar-refractivity contribution in [2.75, 3.05) is 33.0 Å². The molecule has 3 nitrogen and oxygen atoms in total. The number of hydrogen-bond donors (Lipinski definition) is 1. The van der Waals surface area contributed by atoms with Crippen LogP contribution in [0.25, 0.3) is 0 Å². The predicted octanol–water partition coefficient (Wildman–Crippen LogP) is 2.49. The number of hydrogen-bond acceptors (Lipinski definition) is 4. The maximum Gasteiger partial charge on any atom is 0.165 e. The highest BCUT2D eigenvalue weighted by atomic mass is 32.2. The molecular formula is C15H23FN2OS. The fraction of sp³-hybridized carbons (Fsp3) is 0.600. The molecule has 1 aliphatic rings. The zero-order valence-electron chi connectivity index (χ0n) is 12.2. The highest BCUT2D eigenvalue weighted by molar-refractivity contribution is 8.00. The number of rotatable bonds is 5. The first kappa shape index (κ1) is 15.6. The predicted molar refractivity (Wildman–Crippen MR) is 82.8 cm³/mol.